The molecule has 0 saturated carbocycles. The van der Waals surface area contributed by atoms with Crippen LogP contribution in [0.25, 0.3) is 0 Å². The number of hydrogen-bond acceptors (Lipinski definition) is 5. The molecule has 0 aliphatic carbocycles. The first kappa shape index (κ1) is 13.1. The van der Waals surface area contributed by atoms with Crippen molar-refractivity contribution in [3.63, 3.8) is 0 Å². The fraction of sp³-hybridized carbons (Fsp3) is 0.222. The van der Waals surface area contributed by atoms with Crippen LogP contribution in [0.15, 0.2) is 34.2 Å². The van der Waals surface area contributed by atoms with E-state index in [1.807, 2.05) is 0 Å². The van der Waals surface area contributed by atoms with Crippen LogP contribution in [0.2, 0.25) is 0 Å². The maximum absolute atomic E-state index is 11.9. The average Bonchev–Trinajstić information content (AvgIpc) is 2.29. The zero-order valence-electron chi connectivity index (χ0n) is 9.27. The molecule has 1 aromatic rings. The van der Waals surface area contributed by atoms with Crippen molar-refractivity contribution in [1.82, 2.24) is 4.31 Å². The zero-order valence-corrected chi connectivity index (χ0v) is 10.1. The average molecular weight is 257 g/mol. The highest BCUT2D eigenvalue weighted by Gasteiger charge is 2.19. The molecule has 0 aliphatic rings. The molecule has 0 N–H and O–H groups in total. The Balaban J connectivity index is 3.13. The lowest BCUT2D eigenvalue weighted by molar-refractivity contribution is -0.384. The number of rotatable bonds is 4. The van der Waals surface area contributed by atoms with Gasteiger partial charge in [0.15, 0.2) is 0 Å². The standard InChI is InChI=1S/C9H11N3O4S/c1-10-7-11(2)17(15,16)9-5-3-8(4-6-9)12(13)14/h3-7H,1-2H3. The lowest BCUT2D eigenvalue weighted by Crippen LogP contribution is -2.25. The van der Waals surface area contributed by atoms with Crippen molar-refractivity contribution in [3.8, 4) is 0 Å². The third-order valence-corrected chi connectivity index (χ3v) is 3.72. The second-order valence-corrected chi connectivity index (χ2v) is 5.14. The monoisotopic (exact) mass is 257 g/mol. The number of non-ortho nitro benzene ring substituents is 1. The Labute approximate surface area is 98.6 Å². The SMILES string of the molecule is CN=CN(C)S(=O)(=O)c1ccc([N+](=O)[O-])cc1. The van der Waals surface area contributed by atoms with E-state index >= 15 is 0 Å². The first-order valence-corrected chi connectivity index (χ1v) is 5.98. The Kier molecular flexibility index (Phi) is 3.79. The number of nitro groups is 1. The fourth-order valence-corrected chi connectivity index (χ4v) is 2.16. The molecule has 8 heteroatoms. The van der Waals surface area contributed by atoms with E-state index < -0.39 is 14.9 Å². The number of aliphatic imine (C=N–C) groups is 1. The van der Waals surface area contributed by atoms with Crippen LogP contribution in [0.4, 0.5) is 5.69 Å². The molecule has 0 radical (unpaired) electrons. The number of hydrogen-bond donors (Lipinski definition) is 0. The van der Waals surface area contributed by atoms with Crippen LogP contribution < -0.4 is 0 Å². The van der Waals surface area contributed by atoms with Crippen LogP contribution in [0.3, 0.4) is 0 Å². The Hall–Kier alpha value is -1.96. The van der Waals surface area contributed by atoms with Gasteiger partial charge in [-0.2, -0.15) is 0 Å². The van der Waals surface area contributed by atoms with Gasteiger partial charge in [0.1, 0.15) is 0 Å². The molecule has 0 saturated heterocycles. The molecule has 0 bridgehead atoms. The van der Waals surface area contributed by atoms with Crippen molar-refractivity contribution in [1.29, 1.82) is 0 Å². The lowest BCUT2D eigenvalue weighted by Gasteiger charge is -2.13. The molecule has 7 nitrogen and oxygen atoms in total. The molecule has 1 aromatic carbocycles. The van der Waals surface area contributed by atoms with Gasteiger partial charge in [0.05, 0.1) is 16.2 Å². The molecule has 0 atom stereocenters. The molecule has 92 valence electrons. The molecule has 0 aliphatic heterocycles. The van der Waals surface area contributed by atoms with E-state index in [0.717, 1.165) is 22.8 Å². The summed E-state index contributed by atoms with van der Waals surface area (Å²) in [5, 5.41) is 10.4. The summed E-state index contributed by atoms with van der Waals surface area (Å²) in [7, 11) is -0.899. The number of sulfonamides is 1. The molecule has 17 heavy (non-hydrogen) atoms. The van der Waals surface area contributed by atoms with Crippen molar-refractivity contribution in [2.75, 3.05) is 14.1 Å². The second kappa shape index (κ2) is 4.91. The fourth-order valence-electron chi connectivity index (χ4n) is 1.13. The molecular weight excluding hydrogens is 246 g/mol. The number of nitro benzene ring substituents is 1. The van der Waals surface area contributed by atoms with Crippen molar-refractivity contribution in [3.05, 3.63) is 34.4 Å². The number of benzene rings is 1. The topological polar surface area (TPSA) is 92.9 Å². The summed E-state index contributed by atoms with van der Waals surface area (Å²) in [4.78, 5) is 13.4. The van der Waals surface area contributed by atoms with Crippen LogP contribution in [-0.4, -0.2) is 38.1 Å². The lowest BCUT2D eigenvalue weighted by atomic mass is 10.3. The molecule has 0 fully saturated rings. The molecule has 0 aromatic heterocycles. The van der Waals surface area contributed by atoms with Gasteiger partial charge in [0.2, 0.25) is 0 Å². The highest BCUT2D eigenvalue weighted by Crippen LogP contribution is 2.17. The van der Waals surface area contributed by atoms with Gasteiger partial charge >= 0.3 is 0 Å². The summed E-state index contributed by atoms with van der Waals surface area (Å²) in [6.45, 7) is 0. The first-order chi connectivity index (χ1) is 7.89. The molecule has 0 amide bonds. The summed E-state index contributed by atoms with van der Waals surface area (Å²) in [6, 6.07) is 4.66. The minimum atomic E-state index is -3.68. The van der Waals surface area contributed by atoms with Crippen LogP contribution >= 0.6 is 0 Å². The minimum Gasteiger partial charge on any atom is -0.278 e. The van der Waals surface area contributed by atoms with Gasteiger partial charge in [-0.15, -0.1) is 0 Å². The van der Waals surface area contributed by atoms with Crippen LogP contribution in [0.1, 0.15) is 0 Å². The molecule has 0 heterocycles. The molecular formula is C9H11N3O4S. The van der Waals surface area contributed by atoms with E-state index in [4.69, 9.17) is 0 Å². The van der Waals surface area contributed by atoms with E-state index in [2.05, 4.69) is 4.99 Å². The third-order valence-electron chi connectivity index (χ3n) is 2.00. The normalized spacial score (nSPS) is 11.6. The van der Waals surface area contributed by atoms with Gasteiger partial charge in [0.25, 0.3) is 15.7 Å². The molecule has 0 spiro atoms. The van der Waals surface area contributed by atoms with Crippen LogP contribution in [0, 0.1) is 10.1 Å². The Bertz CT molecular complexity index is 536. The van der Waals surface area contributed by atoms with Gasteiger partial charge in [-0.3, -0.25) is 19.4 Å². The van der Waals surface area contributed by atoms with E-state index in [0.29, 0.717) is 0 Å². The van der Waals surface area contributed by atoms with E-state index in [-0.39, 0.29) is 10.6 Å². The van der Waals surface area contributed by atoms with Crippen LogP contribution in [-0.2, 0) is 10.0 Å². The maximum Gasteiger partial charge on any atom is 0.269 e. The van der Waals surface area contributed by atoms with E-state index in [1.165, 1.54) is 26.2 Å². The Morgan fingerprint density at radius 2 is 1.88 bits per heavy atom. The summed E-state index contributed by atoms with van der Waals surface area (Å²) in [5.74, 6) is 0. The van der Waals surface area contributed by atoms with Gasteiger partial charge in [0, 0.05) is 26.2 Å². The maximum atomic E-state index is 11.9. The Morgan fingerprint density at radius 3 is 2.29 bits per heavy atom. The third kappa shape index (κ3) is 2.78. The predicted octanol–water partition coefficient (Wildman–Crippen LogP) is 0.873. The first-order valence-electron chi connectivity index (χ1n) is 4.54. The second-order valence-electron chi connectivity index (χ2n) is 3.15. The van der Waals surface area contributed by atoms with E-state index in [1.54, 1.807) is 0 Å². The van der Waals surface area contributed by atoms with Gasteiger partial charge < -0.3 is 0 Å². The van der Waals surface area contributed by atoms with Crippen molar-refractivity contribution in [2.24, 2.45) is 4.99 Å². The Morgan fingerprint density at radius 1 is 1.35 bits per heavy atom. The van der Waals surface area contributed by atoms with E-state index in [9.17, 15) is 18.5 Å². The number of nitrogens with zero attached hydrogens (tertiary/aromatic N) is 3. The minimum absolute atomic E-state index is 0.0227. The summed E-state index contributed by atoms with van der Waals surface area (Å²) >= 11 is 0. The van der Waals surface area contributed by atoms with Crippen molar-refractivity contribution >= 4 is 22.0 Å². The van der Waals surface area contributed by atoms with Gasteiger partial charge in [-0.25, -0.2) is 8.42 Å². The van der Waals surface area contributed by atoms with Gasteiger partial charge in [-0.1, -0.05) is 0 Å². The van der Waals surface area contributed by atoms with Crippen molar-refractivity contribution < 1.29 is 13.3 Å². The van der Waals surface area contributed by atoms with Crippen LogP contribution in [0.5, 0.6) is 0 Å². The largest absolute Gasteiger partial charge is 0.278 e. The molecule has 0 unspecified atom stereocenters. The van der Waals surface area contributed by atoms with Crippen molar-refractivity contribution in [2.45, 2.75) is 4.90 Å². The summed E-state index contributed by atoms with van der Waals surface area (Å²) in [5.41, 5.74) is -0.157. The highest BCUT2D eigenvalue weighted by atomic mass is 32.2. The zero-order chi connectivity index (χ0) is 13.1. The smallest absolute Gasteiger partial charge is 0.269 e. The van der Waals surface area contributed by atoms with Gasteiger partial charge in [-0.05, 0) is 12.1 Å². The highest BCUT2D eigenvalue weighted by molar-refractivity contribution is 7.89. The predicted molar refractivity (Wildman–Crippen MR) is 62.5 cm³/mol. The summed E-state index contributed by atoms with van der Waals surface area (Å²) < 4.78 is 24.7. The quantitative estimate of drug-likeness (QED) is 0.346. The molecule has 1 rings (SSSR count). The summed E-state index contributed by atoms with van der Waals surface area (Å²) in [6.07, 6.45) is 1.15.